The summed E-state index contributed by atoms with van der Waals surface area (Å²) in [5, 5.41) is 3.84. The number of hydrogen-bond donors (Lipinski definition) is 1. The fourth-order valence-corrected chi connectivity index (χ4v) is 3.68. The van der Waals surface area contributed by atoms with Crippen LogP contribution in [0.2, 0.25) is 5.02 Å². The van der Waals surface area contributed by atoms with Crippen molar-refractivity contribution in [1.29, 1.82) is 0 Å². The molecule has 0 saturated carbocycles. The average molecular weight is 389 g/mol. The van der Waals surface area contributed by atoms with Crippen molar-refractivity contribution >= 4 is 34.6 Å². The molecule has 2 heterocycles. The van der Waals surface area contributed by atoms with Crippen LogP contribution in [0.1, 0.15) is 26.0 Å². The van der Waals surface area contributed by atoms with Gasteiger partial charge in [-0.25, -0.2) is 9.97 Å². The molecule has 0 saturated heterocycles. The molecule has 0 aliphatic rings. The van der Waals surface area contributed by atoms with Crippen LogP contribution in [0.15, 0.2) is 41.3 Å². The summed E-state index contributed by atoms with van der Waals surface area (Å²) >= 11 is 7.14. The Morgan fingerprint density at radius 1 is 1.23 bits per heavy atom. The van der Waals surface area contributed by atoms with E-state index in [1.54, 1.807) is 18.3 Å². The molecule has 136 valence electrons. The molecule has 26 heavy (non-hydrogen) atoms. The van der Waals surface area contributed by atoms with Crippen LogP contribution in [0.25, 0.3) is 10.6 Å². The molecule has 7 heteroatoms. The SMILES string of the molecule is Cc1c(-c2ccnc(Nc3ccc(Cl)cc3)n2)sc(=O)n1CCC(C)C. The van der Waals surface area contributed by atoms with E-state index in [1.807, 2.05) is 29.7 Å². The third-order valence-corrected chi connectivity index (χ3v) is 5.42. The van der Waals surface area contributed by atoms with Crippen LogP contribution >= 0.6 is 22.9 Å². The highest BCUT2D eigenvalue weighted by Crippen LogP contribution is 2.26. The Kier molecular flexibility index (Phi) is 5.74. The Balaban J connectivity index is 1.87. The summed E-state index contributed by atoms with van der Waals surface area (Å²) in [4.78, 5) is 22.2. The predicted octanol–water partition coefficient (Wildman–Crippen LogP) is 5.12. The van der Waals surface area contributed by atoms with E-state index in [2.05, 4.69) is 29.1 Å². The molecule has 5 nitrogen and oxygen atoms in total. The van der Waals surface area contributed by atoms with Gasteiger partial charge in [0.15, 0.2) is 0 Å². The lowest BCUT2D eigenvalue weighted by atomic mass is 10.1. The molecule has 0 unspecified atom stereocenters. The second-order valence-corrected chi connectivity index (χ2v) is 7.91. The third-order valence-electron chi connectivity index (χ3n) is 4.06. The first-order chi connectivity index (χ1) is 12.4. The number of anilines is 2. The minimum atomic E-state index is 0.0592. The molecule has 3 aromatic rings. The number of aromatic nitrogens is 3. The van der Waals surface area contributed by atoms with Crippen LogP contribution < -0.4 is 10.2 Å². The van der Waals surface area contributed by atoms with Gasteiger partial charge in [-0.2, -0.15) is 0 Å². The Labute approximate surface area is 161 Å². The lowest BCUT2D eigenvalue weighted by Gasteiger charge is -2.08. The Hall–Kier alpha value is -2.18. The summed E-state index contributed by atoms with van der Waals surface area (Å²) in [6.45, 7) is 7.03. The summed E-state index contributed by atoms with van der Waals surface area (Å²) in [5.74, 6) is 1.04. The molecule has 1 N–H and O–H groups in total. The molecule has 0 radical (unpaired) electrons. The van der Waals surface area contributed by atoms with Crippen molar-refractivity contribution in [3.8, 4) is 10.6 Å². The van der Waals surface area contributed by atoms with Crippen molar-refractivity contribution < 1.29 is 0 Å². The lowest BCUT2D eigenvalue weighted by Crippen LogP contribution is -2.15. The first-order valence-electron chi connectivity index (χ1n) is 8.50. The smallest absolute Gasteiger partial charge is 0.307 e. The normalized spacial score (nSPS) is 11.1. The van der Waals surface area contributed by atoms with Crippen molar-refractivity contribution in [3.05, 3.63) is 56.9 Å². The first kappa shape index (κ1) is 18.6. The van der Waals surface area contributed by atoms with Gasteiger partial charge < -0.3 is 9.88 Å². The van der Waals surface area contributed by atoms with Gasteiger partial charge in [-0.15, -0.1) is 0 Å². The molecular weight excluding hydrogens is 368 g/mol. The Bertz CT molecular complexity index is 947. The van der Waals surface area contributed by atoms with Crippen LogP contribution in [0.4, 0.5) is 11.6 Å². The molecule has 0 aliphatic carbocycles. The highest BCUT2D eigenvalue weighted by Gasteiger charge is 2.15. The molecule has 1 aromatic carbocycles. The molecular formula is C19H21ClN4OS. The molecule has 0 aliphatic heterocycles. The number of rotatable bonds is 6. The van der Waals surface area contributed by atoms with Crippen LogP contribution in [0, 0.1) is 12.8 Å². The van der Waals surface area contributed by atoms with E-state index in [0.717, 1.165) is 34.9 Å². The third kappa shape index (κ3) is 4.31. The van der Waals surface area contributed by atoms with E-state index < -0.39 is 0 Å². The Morgan fingerprint density at radius 2 is 1.96 bits per heavy atom. The summed E-state index contributed by atoms with van der Waals surface area (Å²) < 4.78 is 1.84. The van der Waals surface area contributed by atoms with Gasteiger partial charge in [0, 0.05) is 29.1 Å². The van der Waals surface area contributed by atoms with E-state index in [4.69, 9.17) is 11.6 Å². The largest absolute Gasteiger partial charge is 0.324 e. The molecule has 3 rings (SSSR count). The van der Waals surface area contributed by atoms with Crippen LogP contribution in [-0.2, 0) is 6.54 Å². The minimum Gasteiger partial charge on any atom is -0.324 e. The quantitative estimate of drug-likeness (QED) is 0.636. The van der Waals surface area contributed by atoms with Gasteiger partial charge in [-0.05, 0) is 49.6 Å². The summed E-state index contributed by atoms with van der Waals surface area (Å²) in [6.07, 6.45) is 2.67. The fourth-order valence-electron chi connectivity index (χ4n) is 2.57. The number of hydrogen-bond acceptors (Lipinski definition) is 5. The van der Waals surface area contributed by atoms with E-state index >= 15 is 0 Å². The second-order valence-electron chi connectivity index (χ2n) is 6.51. The number of nitrogens with one attached hydrogen (secondary N) is 1. The van der Waals surface area contributed by atoms with Crippen LogP contribution in [-0.4, -0.2) is 14.5 Å². The van der Waals surface area contributed by atoms with Gasteiger partial charge >= 0.3 is 4.87 Å². The molecule has 2 aromatic heterocycles. The Morgan fingerprint density at radius 3 is 2.65 bits per heavy atom. The first-order valence-corrected chi connectivity index (χ1v) is 9.69. The maximum atomic E-state index is 12.4. The van der Waals surface area contributed by atoms with Gasteiger partial charge in [0.25, 0.3) is 0 Å². The number of benzene rings is 1. The average Bonchev–Trinajstić information content (AvgIpc) is 2.89. The maximum absolute atomic E-state index is 12.4. The number of thiazole rings is 1. The second kappa shape index (κ2) is 8.01. The van der Waals surface area contributed by atoms with Gasteiger partial charge in [0.05, 0.1) is 10.6 Å². The maximum Gasteiger partial charge on any atom is 0.307 e. The topological polar surface area (TPSA) is 59.8 Å². The summed E-state index contributed by atoms with van der Waals surface area (Å²) in [7, 11) is 0. The van der Waals surface area contributed by atoms with Crippen molar-refractivity contribution in [2.75, 3.05) is 5.32 Å². The molecule has 0 bridgehead atoms. The fraction of sp³-hybridized carbons (Fsp3) is 0.316. The molecule has 0 fully saturated rings. The zero-order valence-corrected chi connectivity index (χ0v) is 16.6. The van der Waals surface area contributed by atoms with Gasteiger partial charge in [-0.3, -0.25) is 4.79 Å². The van der Waals surface area contributed by atoms with Crippen molar-refractivity contribution in [1.82, 2.24) is 14.5 Å². The molecule has 0 atom stereocenters. The molecule has 0 amide bonds. The van der Waals surface area contributed by atoms with Crippen molar-refractivity contribution in [2.45, 2.75) is 33.7 Å². The van der Waals surface area contributed by atoms with Gasteiger partial charge in [0.1, 0.15) is 0 Å². The number of nitrogens with zero attached hydrogens (tertiary/aromatic N) is 3. The van der Waals surface area contributed by atoms with Gasteiger partial charge in [0.2, 0.25) is 5.95 Å². The highest BCUT2D eigenvalue weighted by molar-refractivity contribution is 7.13. The van der Waals surface area contributed by atoms with E-state index in [9.17, 15) is 4.79 Å². The van der Waals surface area contributed by atoms with Crippen molar-refractivity contribution in [3.63, 3.8) is 0 Å². The molecule has 0 spiro atoms. The minimum absolute atomic E-state index is 0.0592. The highest BCUT2D eigenvalue weighted by atomic mass is 35.5. The van der Waals surface area contributed by atoms with E-state index in [1.165, 1.54) is 11.3 Å². The zero-order chi connectivity index (χ0) is 18.7. The van der Waals surface area contributed by atoms with Gasteiger partial charge in [-0.1, -0.05) is 36.8 Å². The van der Waals surface area contributed by atoms with Crippen molar-refractivity contribution in [2.24, 2.45) is 5.92 Å². The number of halogens is 1. The summed E-state index contributed by atoms with van der Waals surface area (Å²) in [6, 6.07) is 9.17. The van der Waals surface area contributed by atoms with Crippen LogP contribution in [0.5, 0.6) is 0 Å². The van der Waals surface area contributed by atoms with Crippen LogP contribution in [0.3, 0.4) is 0 Å². The summed E-state index contributed by atoms with van der Waals surface area (Å²) in [5.41, 5.74) is 2.56. The zero-order valence-electron chi connectivity index (χ0n) is 15.0. The lowest BCUT2D eigenvalue weighted by molar-refractivity contribution is 0.507. The predicted molar refractivity (Wildman–Crippen MR) is 109 cm³/mol. The standard InChI is InChI=1S/C19H21ClN4OS/c1-12(2)9-11-24-13(3)17(26-19(24)25)16-8-10-21-18(23-16)22-15-6-4-14(20)5-7-15/h4-8,10,12H,9,11H2,1-3H3,(H,21,22,23). The van der Waals surface area contributed by atoms with E-state index in [0.29, 0.717) is 16.9 Å². The van der Waals surface area contributed by atoms with E-state index in [-0.39, 0.29) is 4.87 Å². The monoisotopic (exact) mass is 388 g/mol.